The summed E-state index contributed by atoms with van der Waals surface area (Å²) in [6, 6.07) is 16.1. The van der Waals surface area contributed by atoms with E-state index in [-0.39, 0.29) is 17.6 Å². The van der Waals surface area contributed by atoms with E-state index in [2.05, 4.69) is 26.6 Å². The van der Waals surface area contributed by atoms with E-state index < -0.39 is 5.54 Å². The van der Waals surface area contributed by atoms with Gasteiger partial charge in [-0.1, -0.05) is 42.1 Å². The third-order valence-corrected chi connectivity index (χ3v) is 6.14. The lowest BCUT2D eigenvalue weighted by Gasteiger charge is -2.22. The Bertz CT molecular complexity index is 1060. The molecule has 2 heterocycles. The first-order valence-corrected chi connectivity index (χ1v) is 10.8. The summed E-state index contributed by atoms with van der Waals surface area (Å²) in [4.78, 5) is 16.7. The highest BCUT2D eigenvalue weighted by Crippen LogP contribution is 2.39. The van der Waals surface area contributed by atoms with Gasteiger partial charge in [0, 0.05) is 18.0 Å². The molecule has 1 N–H and O–H groups in total. The van der Waals surface area contributed by atoms with Gasteiger partial charge in [0.15, 0.2) is 11.0 Å². The van der Waals surface area contributed by atoms with E-state index in [0.29, 0.717) is 17.5 Å². The Morgan fingerprint density at radius 1 is 1.27 bits per heavy atom. The van der Waals surface area contributed by atoms with E-state index in [4.69, 9.17) is 0 Å². The third kappa shape index (κ3) is 4.52. The van der Waals surface area contributed by atoms with Gasteiger partial charge < -0.3 is 5.32 Å². The fraction of sp³-hybridized carbons (Fsp3) is 0.318. The van der Waals surface area contributed by atoms with E-state index in [1.807, 2.05) is 47.0 Å². The summed E-state index contributed by atoms with van der Waals surface area (Å²) in [5.41, 5.74) is 1.18. The number of nitrogens with one attached hydrogen (secondary N) is 1. The van der Waals surface area contributed by atoms with Crippen molar-refractivity contribution in [3.8, 4) is 17.5 Å². The highest BCUT2D eigenvalue weighted by Gasteiger charge is 2.43. The summed E-state index contributed by atoms with van der Waals surface area (Å²) in [6.45, 7) is 2.38. The number of amides is 1. The van der Waals surface area contributed by atoms with Crippen molar-refractivity contribution in [1.82, 2.24) is 25.1 Å². The molecule has 3 aromatic rings. The molecular formula is C22H22N6OS. The van der Waals surface area contributed by atoms with Crippen molar-refractivity contribution >= 4 is 17.7 Å². The SMILES string of the molecule is CC(C#N)(NC(=O)CSc1nnc(-c2cccnc2)n1Cc1ccccc1)C1CC1. The van der Waals surface area contributed by atoms with E-state index >= 15 is 0 Å². The number of benzene rings is 1. The molecule has 0 bridgehead atoms. The number of rotatable bonds is 8. The molecule has 1 fully saturated rings. The number of carbonyl (C=O) groups excluding carboxylic acids is 1. The number of aromatic nitrogens is 4. The molecule has 4 rings (SSSR count). The molecule has 1 atom stereocenters. The molecule has 1 aliphatic carbocycles. The van der Waals surface area contributed by atoms with Gasteiger partial charge in [0.05, 0.1) is 18.4 Å². The van der Waals surface area contributed by atoms with Gasteiger partial charge >= 0.3 is 0 Å². The predicted molar refractivity (Wildman–Crippen MR) is 114 cm³/mol. The van der Waals surface area contributed by atoms with Crippen molar-refractivity contribution in [3.63, 3.8) is 0 Å². The van der Waals surface area contributed by atoms with Gasteiger partial charge in [-0.15, -0.1) is 10.2 Å². The zero-order chi connectivity index (χ0) is 21.0. The lowest BCUT2D eigenvalue weighted by molar-refractivity contribution is -0.119. The largest absolute Gasteiger partial charge is 0.337 e. The van der Waals surface area contributed by atoms with Gasteiger partial charge in [0.2, 0.25) is 5.91 Å². The Balaban J connectivity index is 1.53. The van der Waals surface area contributed by atoms with Crippen LogP contribution in [0.4, 0.5) is 0 Å². The van der Waals surface area contributed by atoms with Crippen molar-refractivity contribution in [2.75, 3.05) is 5.75 Å². The molecule has 2 aromatic heterocycles. The van der Waals surface area contributed by atoms with Crippen LogP contribution in [0.5, 0.6) is 0 Å². The summed E-state index contributed by atoms with van der Waals surface area (Å²) in [6.07, 6.45) is 5.43. The molecule has 0 saturated heterocycles. The Kier molecular flexibility index (Phi) is 5.81. The molecule has 1 aromatic carbocycles. The number of pyridine rings is 1. The second kappa shape index (κ2) is 8.67. The molecule has 1 saturated carbocycles. The van der Waals surface area contributed by atoms with Crippen LogP contribution in [0.25, 0.3) is 11.4 Å². The fourth-order valence-electron chi connectivity index (χ4n) is 3.35. The van der Waals surface area contributed by atoms with Gasteiger partial charge in [-0.3, -0.25) is 14.3 Å². The number of nitrogens with zero attached hydrogens (tertiary/aromatic N) is 5. The van der Waals surface area contributed by atoms with E-state index in [1.54, 1.807) is 19.3 Å². The zero-order valence-corrected chi connectivity index (χ0v) is 17.5. The Labute approximate surface area is 179 Å². The molecule has 0 spiro atoms. The summed E-state index contributed by atoms with van der Waals surface area (Å²) >= 11 is 1.32. The van der Waals surface area contributed by atoms with Crippen LogP contribution in [0, 0.1) is 17.2 Å². The van der Waals surface area contributed by atoms with Gasteiger partial charge in [0.1, 0.15) is 5.54 Å². The molecule has 152 valence electrons. The molecule has 30 heavy (non-hydrogen) atoms. The van der Waals surface area contributed by atoms with E-state index in [1.165, 1.54) is 11.8 Å². The fourth-order valence-corrected chi connectivity index (χ4v) is 4.09. The van der Waals surface area contributed by atoms with Gasteiger partial charge in [-0.25, -0.2) is 0 Å². The lowest BCUT2D eigenvalue weighted by Crippen LogP contribution is -2.47. The predicted octanol–water partition coefficient (Wildman–Crippen LogP) is 3.29. The van der Waals surface area contributed by atoms with Crippen molar-refractivity contribution < 1.29 is 4.79 Å². The maximum atomic E-state index is 12.5. The topological polar surface area (TPSA) is 96.5 Å². The zero-order valence-electron chi connectivity index (χ0n) is 16.7. The quantitative estimate of drug-likeness (QED) is 0.564. The first-order valence-electron chi connectivity index (χ1n) is 9.81. The summed E-state index contributed by atoms with van der Waals surface area (Å²) in [5.74, 6) is 0.947. The molecule has 1 unspecified atom stereocenters. The molecule has 0 aliphatic heterocycles. The van der Waals surface area contributed by atoms with Crippen molar-refractivity contribution in [1.29, 1.82) is 5.26 Å². The normalized spacial score (nSPS) is 15.2. The van der Waals surface area contributed by atoms with Gasteiger partial charge in [-0.2, -0.15) is 5.26 Å². The number of hydrogen-bond acceptors (Lipinski definition) is 6. The second-order valence-electron chi connectivity index (χ2n) is 7.54. The number of nitriles is 1. The maximum absolute atomic E-state index is 12.5. The van der Waals surface area contributed by atoms with Crippen LogP contribution in [0.1, 0.15) is 25.3 Å². The number of hydrogen-bond donors (Lipinski definition) is 1. The van der Waals surface area contributed by atoms with Crippen LogP contribution in [0.15, 0.2) is 60.0 Å². The Morgan fingerprint density at radius 3 is 2.73 bits per heavy atom. The summed E-state index contributed by atoms with van der Waals surface area (Å²) in [7, 11) is 0. The van der Waals surface area contributed by atoms with Crippen molar-refractivity contribution in [2.45, 2.75) is 37.0 Å². The average molecular weight is 419 g/mol. The Morgan fingerprint density at radius 2 is 2.07 bits per heavy atom. The van der Waals surface area contributed by atoms with E-state index in [0.717, 1.165) is 24.0 Å². The van der Waals surface area contributed by atoms with Crippen LogP contribution in [-0.4, -0.2) is 36.9 Å². The minimum absolute atomic E-state index is 0.171. The first-order chi connectivity index (χ1) is 14.6. The van der Waals surface area contributed by atoms with Crippen LogP contribution >= 0.6 is 11.8 Å². The van der Waals surface area contributed by atoms with Crippen LogP contribution < -0.4 is 5.32 Å². The molecule has 1 aliphatic rings. The van der Waals surface area contributed by atoms with E-state index in [9.17, 15) is 10.1 Å². The molecule has 7 nitrogen and oxygen atoms in total. The van der Waals surface area contributed by atoms with Crippen molar-refractivity contribution in [3.05, 3.63) is 60.4 Å². The first kappa shape index (κ1) is 20.1. The molecular weight excluding hydrogens is 396 g/mol. The number of carbonyl (C=O) groups is 1. The average Bonchev–Trinajstić information content (AvgIpc) is 3.56. The highest BCUT2D eigenvalue weighted by molar-refractivity contribution is 7.99. The van der Waals surface area contributed by atoms with Crippen LogP contribution in [0.2, 0.25) is 0 Å². The highest BCUT2D eigenvalue weighted by atomic mass is 32.2. The van der Waals surface area contributed by atoms with Crippen LogP contribution in [0.3, 0.4) is 0 Å². The third-order valence-electron chi connectivity index (χ3n) is 5.18. The molecule has 8 heteroatoms. The van der Waals surface area contributed by atoms with Gasteiger partial charge in [0.25, 0.3) is 0 Å². The number of thioether (sulfide) groups is 1. The molecule has 0 radical (unpaired) electrons. The van der Waals surface area contributed by atoms with Gasteiger partial charge in [-0.05, 0) is 43.4 Å². The monoisotopic (exact) mass is 418 g/mol. The Hall–Kier alpha value is -3.18. The standard InChI is InChI=1S/C22H22N6OS/c1-22(15-23,18-9-10-18)25-19(29)14-30-21-27-26-20(17-8-5-11-24-12-17)28(21)13-16-6-3-2-4-7-16/h2-8,11-12,18H,9-10,13-14H2,1H3,(H,25,29). The second-order valence-corrected chi connectivity index (χ2v) is 8.49. The molecule has 1 amide bonds. The smallest absolute Gasteiger partial charge is 0.231 e. The minimum Gasteiger partial charge on any atom is -0.337 e. The lowest BCUT2D eigenvalue weighted by atomic mass is 9.98. The van der Waals surface area contributed by atoms with Crippen molar-refractivity contribution in [2.24, 2.45) is 5.92 Å². The minimum atomic E-state index is -0.795. The summed E-state index contributed by atoms with van der Waals surface area (Å²) in [5, 5.41) is 21.7. The maximum Gasteiger partial charge on any atom is 0.231 e. The summed E-state index contributed by atoms with van der Waals surface area (Å²) < 4.78 is 1.99. The van der Waals surface area contributed by atoms with Crippen LogP contribution in [-0.2, 0) is 11.3 Å².